The van der Waals surface area contributed by atoms with Crippen LogP contribution in [-0.2, 0) is 26.2 Å². The van der Waals surface area contributed by atoms with E-state index in [9.17, 15) is 18.0 Å². The molecule has 1 N–H and O–H groups in total. The second-order valence-electron chi connectivity index (χ2n) is 9.35. The van der Waals surface area contributed by atoms with Crippen molar-refractivity contribution in [3.8, 4) is 5.75 Å². The van der Waals surface area contributed by atoms with Gasteiger partial charge in [-0.2, -0.15) is 0 Å². The third-order valence-electron chi connectivity index (χ3n) is 5.83. The number of methoxy groups -OCH3 is 1. The lowest BCUT2D eigenvalue weighted by molar-refractivity contribution is -0.141. The van der Waals surface area contributed by atoms with Crippen LogP contribution in [0.15, 0.2) is 48.5 Å². The Kier molecular flexibility index (Phi) is 11.7. The van der Waals surface area contributed by atoms with Crippen LogP contribution in [0, 0.1) is 5.92 Å². The number of rotatable bonds is 14. The molecule has 0 fully saturated rings. The van der Waals surface area contributed by atoms with Gasteiger partial charge in [0.2, 0.25) is 21.8 Å². The van der Waals surface area contributed by atoms with Crippen molar-refractivity contribution in [2.24, 2.45) is 5.92 Å². The molecule has 204 valence electrons. The minimum Gasteiger partial charge on any atom is -0.497 e. The number of carbonyl (C=O) groups excluding carboxylic acids is 2. The molecule has 2 amide bonds. The Labute approximate surface area is 226 Å². The fraction of sp³-hybridized carbons (Fsp3) is 0.481. The summed E-state index contributed by atoms with van der Waals surface area (Å²) in [5.41, 5.74) is 1.30. The second-order valence-corrected chi connectivity index (χ2v) is 11.7. The van der Waals surface area contributed by atoms with E-state index in [1.807, 2.05) is 45.0 Å². The van der Waals surface area contributed by atoms with E-state index in [0.717, 1.165) is 11.8 Å². The lowest BCUT2D eigenvalue weighted by Crippen LogP contribution is -2.49. The van der Waals surface area contributed by atoms with Gasteiger partial charge in [0.1, 0.15) is 11.8 Å². The molecule has 0 radical (unpaired) electrons. The third kappa shape index (κ3) is 9.55. The van der Waals surface area contributed by atoms with Gasteiger partial charge in [-0.3, -0.25) is 13.9 Å². The highest BCUT2D eigenvalue weighted by atomic mass is 35.5. The molecule has 0 unspecified atom stereocenters. The summed E-state index contributed by atoms with van der Waals surface area (Å²) in [6.45, 7) is 6.77. The van der Waals surface area contributed by atoms with Crippen molar-refractivity contribution >= 4 is 39.1 Å². The molecular formula is C27H38ClN3O5S. The number of hydrogen-bond acceptors (Lipinski definition) is 5. The SMILES string of the molecule is CC[C@@H](C(=O)NCC(C)C)N(Cc1ccc(OC)cc1)C(=O)CCCN(c1cccc(Cl)c1)S(C)(=O)=O. The van der Waals surface area contributed by atoms with Crippen LogP contribution >= 0.6 is 11.6 Å². The molecule has 1 atom stereocenters. The molecule has 37 heavy (non-hydrogen) atoms. The van der Waals surface area contributed by atoms with Crippen LogP contribution in [0.25, 0.3) is 0 Å². The molecule has 0 heterocycles. The highest BCUT2D eigenvalue weighted by molar-refractivity contribution is 7.92. The number of amides is 2. The van der Waals surface area contributed by atoms with Crippen molar-refractivity contribution in [1.82, 2.24) is 10.2 Å². The first-order chi connectivity index (χ1) is 17.5. The number of hydrogen-bond donors (Lipinski definition) is 1. The Morgan fingerprint density at radius 3 is 2.32 bits per heavy atom. The monoisotopic (exact) mass is 551 g/mol. The number of nitrogens with zero attached hydrogens (tertiary/aromatic N) is 2. The summed E-state index contributed by atoms with van der Waals surface area (Å²) < 4.78 is 31.3. The number of halogens is 1. The normalized spacial score (nSPS) is 12.2. The summed E-state index contributed by atoms with van der Waals surface area (Å²) >= 11 is 6.06. The molecule has 0 saturated carbocycles. The van der Waals surface area contributed by atoms with E-state index in [2.05, 4.69) is 5.32 Å². The number of sulfonamides is 1. The van der Waals surface area contributed by atoms with E-state index in [0.29, 0.717) is 29.4 Å². The lowest BCUT2D eigenvalue weighted by Gasteiger charge is -2.31. The molecule has 2 aromatic carbocycles. The topological polar surface area (TPSA) is 96.0 Å². The van der Waals surface area contributed by atoms with E-state index in [1.165, 1.54) is 4.31 Å². The Morgan fingerprint density at radius 2 is 1.78 bits per heavy atom. The molecule has 0 aromatic heterocycles. The van der Waals surface area contributed by atoms with Crippen molar-refractivity contribution < 1.29 is 22.7 Å². The second kappa shape index (κ2) is 14.2. The molecule has 0 spiro atoms. The van der Waals surface area contributed by atoms with Crippen LogP contribution in [0.2, 0.25) is 5.02 Å². The molecule has 8 nitrogen and oxygen atoms in total. The minimum absolute atomic E-state index is 0.0801. The summed E-state index contributed by atoms with van der Waals surface area (Å²) in [7, 11) is -2.00. The van der Waals surface area contributed by atoms with E-state index in [-0.39, 0.29) is 43.7 Å². The molecule has 0 aliphatic carbocycles. The third-order valence-corrected chi connectivity index (χ3v) is 7.26. The zero-order chi connectivity index (χ0) is 27.6. The van der Waals surface area contributed by atoms with Crippen LogP contribution in [0.5, 0.6) is 5.75 Å². The summed E-state index contributed by atoms with van der Waals surface area (Å²) in [5.74, 6) is 0.558. The lowest BCUT2D eigenvalue weighted by atomic mass is 10.1. The average molecular weight is 552 g/mol. The molecule has 0 aliphatic heterocycles. The van der Waals surface area contributed by atoms with Crippen LogP contribution in [0.4, 0.5) is 5.69 Å². The predicted molar refractivity (Wildman–Crippen MR) is 148 cm³/mol. The maximum Gasteiger partial charge on any atom is 0.242 e. The minimum atomic E-state index is -3.58. The fourth-order valence-corrected chi connectivity index (χ4v) is 5.05. The van der Waals surface area contributed by atoms with Crippen LogP contribution in [-0.4, -0.2) is 57.6 Å². The molecule has 0 aliphatic rings. The van der Waals surface area contributed by atoms with Crippen molar-refractivity contribution in [1.29, 1.82) is 0 Å². The highest BCUT2D eigenvalue weighted by Gasteiger charge is 2.29. The van der Waals surface area contributed by atoms with Gasteiger partial charge in [-0.15, -0.1) is 0 Å². The van der Waals surface area contributed by atoms with Crippen LogP contribution in [0.3, 0.4) is 0 Å². The van der Waals surface area contributed by atoms with E-state index in [1.54, 1.807) is 36.3 Å². The molecule has 2 rings (SSSR count). The van der Waals surface area contributed by atoms with Gasteiger partial charge < -0.3 is 15.0 Å². The number of anilines is 1. The number of ether oxygens (including phenoxy) is 1. The number of nitrogens with one attached hydrogen (secondary N) is 1. The van der Waals surface area contributed by atoms with Crippen molar-refractivity contribution in [2.45, 2.75) is 52.6 Å². The Morgan fingerprint density at radius 1 is 1.11 bits per heavy atom. The van der Waals surface area contributed by atoms with Gasteiger partial charge in [-0.1, -0.05) is 50.6 Å². The Bertz CT molecular complexity index is 1140. The van der Waals surface area contributed by atoms with Gasteiger partial charge >= 0.3 is 0 Å². The number of benzene rings is 2. The van der Waals surface area contributed by atoms with Gasteiger partial charge in [0.05, 0.1) is 19.1 Å². The predicted octanol–water partition coefficient (Wildman–Crippen LogP) is 4.47. The van der Waals surface area contributed by atoms with Crippen molar-refractivity contribution in [3.63, 3.8) is 0 Å². The Hall–Kier alpha value is -2.78. The standard InChI is InChI=1S/C27H38ClN3O5S/c1-6-25(27(33)29-18-20(2)3)30(19-21-12-14-24(36-4)15-13-21)26(32)11-8-16-31(37(5,34)35)23-10-7-9-22(28)17-23/h7,9-10,12-15,17,20,25H,6,8,11,16,18-19H2,1-5H3,(H,29,33)/t25-/m0/s1. The molecule has 2 aromatic rings. The quantitative estimate of drug-likeness (QED) is 0.373. The molecule has 0 bridgehead atoms. The smallest absolute Gasteiger partial charge is 0.242 e. The molecule has 10 heteroatoms. The summed E-state index contributed by atoms with van der Waals surface area (Å²) in [5, 5.41) is 3.36. The van der Waals surface area contributed by atoms with Crippen molar-refractivity contribution in [3.05, 3.63) is 59.1 Å². The Balaban J connectivity index is 2.21. The van der Waals surface area contributed by atoms with Crippen molar-refractivity contribution in [2.75, 3.05) is 30.8 Å². The largest absolute Gasteiger partial charge is 0.497 e. The zero-order valence-corrected chi connectivity index (χ0v) is 23.8. The summed E-state index contributed by atoms with van der Waals surface area (Å²) in [4.78, 5) is 28.1. The van der Waals surface area contributed by atoms with E-state index < -0.39 is 16.1 Å². The number of carbonyl (C=O) groups is 2. The maximum absolute atomic E-state index is 13.5. The summed E-state index contributed by atoms with van der Waals surface area (Å²) in [6.07, 6.45) is 1.93. The zero-order valence-electron chi connectivity index (χ0n) is 22.2. The summed E-state index contributed by atoms with van der Waals surface area (Å²) in [6, 6.07) is 13.3. The first kappa shape index (κ1) is 30.4. The van der Waals surface area contributed by atoms with Gasteiger partial charge in [0.15, 0.2) is 0 Å². The molecule has 0 saturated heterocycles. The fourth-order valence-electron chi connectivity index (χ4n) is 3.90. The maximum atomic E-state index is 13.5. The molecular weight excluding hydrogens is 514 g/mol. The van der Waals surface area contributed by atoms with Gasteiger partial charge in [-0.25, -0.2) is 8.42 Å². The van der Waals surface area contributed by atoms with E-state index >= 15 is 0 Å². The van der Waals surface area contributed by atoms with E-state index in [4.69, 9.17) is 16.3 Å². The average Bonchev–Trinajstić information content (AvgIpc) is 2.84. The first-order valence-electron chi connectivity index (χ1n) is 12.4. The van der Waals surface area contributed by atoms with Gasteiger partial charge in [-0.05, 0) is 54.7 Å². The van der Waals surface area contributed by atoms with Crippen LogP contribution < -0.4 is 14.4 Å². The van der Waals surface area contributed by atoms with Gasteiger partial charge in [0.25, 0.3) is 0 Å². The van der Waals surface area contributed by atoms with Gasteiger partial charge in [0, 0.05) is 31.1 Å². The van der Waals surface area contributed by atoms with Crippen LogP contribution in [0.1, 0.15) is 45.6 Å². The highest BCUT2D eigenvalue weighted by Crippen LogP contribution is 2.23. The first-order valence-corrected chi connectivity index (χ1v) is 14.6.